The molecular formula is C12H16F2N2O4S. The smallest absolute Gasteiger partial charge is 0.307 e. The van der Waals surface area contributed by atoms with E-state index in [0.29, 0.717) is 4.31 Å². The van der Waals surface area contributed by atoms with Gasteiger partial charge in [0.05, 0.1) is 13.0 Å². The van der Waals surface area contributed by atoms with Crippen LogP contribution in [0.25, 0.3) is 0 Å². The fourth-order valence-corrected chi connectivity index (χ4v) is 2.84. The number of ether oxygens (including phenoxy) is 1. The summed E-state index contributed by atoms with van der Waals surface area (Å²) in [5.41, 5.74) is 5.01. The third kappa shape index (κ3) is 4.11. The number of esters is 1. The maximum absolute atomic E-state index is 13.7. The molecule has 0 fully saturated rings. The summed E-state index contributed by atoms with van der Waals surface area (Å²) in [5.74, 6) is -3.16. The first-order valence-corrected chi connectivity index (χ1v) is 7.50. The average Bonchev–Trinajstić information content (AvgIpc) is 2.34. The molecule has 0 amide bonds. The first-order chi connectivity index (χ1) is 9.70. The molecule has 2 N–H and O–H groups in total. The van der Waals surface area contributed by atoms with Gasteiger partial charge in [-0.25, -0.2) is 21.5 Å². The normalized spacial score (nSPS) is 11.7. The topological polar surface area (TPSA) is 89.7 Å². The van der Waals surface area contributed by atoms with Gasteiger partial charge in [0.25, 0.3) is 0 Å². The van der Waals surface area contributed by atoms with Crippen molar-refractivity contribution in [3.63, 3.8) is 0 Å². The molecule has 0 aliphatic carbocycles. The largest absolute Gasteiger partial charge is 0.466 e. The molecule has 0 unspecified atom stereocenters. The van der Waals surface area contributed by atoms with Crippen molar-refractivity contribution in [1.82, 2.24) is 4.31 Å². The quantitative estimate of drug-likeness (QED) is 0.626. The van der Waals surface area contributed by atoms with Crippen LogP contribution in [0.15, 0.2) is 17.0 Å². The van der Waals surface area contributed by atoms with Gasteiger partial charge in [0.1, 0.15) is 11.6 Å². The minimum atomic E-state index is -4.41. The number of hydrogen-bond acceptors (Lipinski definition) is 5. The predicted molar refractivity (Wildman–Crippen MR) is 71.8 cm³/mol. The molecule has 6 nitrogen and oxygen atoms in total. The molecular weight excluding hydrogens is 306 g/mol. The highest BCUT2D eigenvalue weighted by atomic mass is 32.2. The summed E-state index contributed by atoms with van der Waals surface area (Å²) in [7, 11) is -3.29. The number of halogens is 2. The Morgan fingerprint density at radius 2 is 1.86 bits per heavy atom. The zero-order chi connectivity index (χ0) is 16.2. The van der Waals surface area contributed by atoms with E-state index in [4.69, 9.17) is 5.73 Å². The van der Waals surface area contributed by atoms with Gasteiger partial charge in [0.2, 0.25) is 10.0 Å². The molecule has 9 heteroatoms. The predicted octanol–water partition coefficient (Wildman–Crippen LogP) is 1.12. The fraction of sp³-hybridized carbons (Fsp3) is 0.417. The summed E-state index contributed by atoms with van der Waals surface area (Å²) in [6.07, 6.45) is -0.220. The lowest BCUT2D eigenvalue weighted by Gasteiger charge is -2.17. The summed E-state index contributed by atoms with van der Waals surface area (Å²) in [4.78, 5) is 10.1. The molecule has 1 aromatic rings. The van der Waals surface area contributed by atoms with E-state index >= 15 is 0 Å². The van der Waals surface area contributed by atoms with Crippen LogP contribution in [0.4, 0.5) is 14.5 Å². The van der Waals surface area contributed by atoms with Crippen molar-refractivity contribution in [2.24, 2.45) is 0 Å². The Labute approximate surface area is 121 Å². The zero-order valence-electron chi connectivity index (χ0n) is 11.6. The Hall–Kier alpha value is -1.74. The third-order valence-electron chi connectivity index (χ3n) is 2.63. The van der Waals surface area contributed by atoms with Gasteiger partial charge in [0.15, 0.2) is 4.90 Å². The van der Waals surface area contributed by atoms with E-state index in [1.165, 1.54) is 0 Å². The number of carbonyl (C=O) groups excluding carboxylic acids is 1. The molecule has 0 aliphatic heterocycles. The average molecular weight is 322 g/mol. The number of hydrogen-bond donors (Lipinski definition) is 1. The van der Waals surface area contributed by atoms with Gasteiger partial charge < -0.3 is 10.5 Å². The van der Waals surface area contributed by atoms with E-state index in [9.17, 15) is 22.0 Å². The lowest BCUT2D eigenvalue weighted by molar-refractivity contribution is -0.143. The lowest BCUT2D eigenvalue weighted by Crippen LogP contribution is -2.31. The Kier molecular flexibility index (Phi) is 5.62. The summed E-state index contributed by atoms with van der Waals surface area (Å²) >= 11 is 0. The molecule has 0 heterocycles. The molecule has 0 saturated heterocycles. The summed E-state index contributed by atoms with van der Waals surface area (Å²) in [6, 6.07) is 1.43. The van der Waals surface area contributed by atoms with Crippen LogP contribution in [-0.2, 0) is 19.6 Å². The molecule has 21 heavy (non-hydrogen) atoms. The minimum Gasteiger partial charge on any atom is -0.466 e. The van der Waals surface area contributed by atoms with Crippen LogP contribution in [0.2, 0.25) is 0 Å². The molecule has 0 aliphatic rings. The molecule has 0 saturated carbocycles. The van der Waals surface area contributed by atoms with Gasteiger partial charge in [0, 0.05) is 19.3 Å². The number of sulfonamides is 1. The maximum Gasteiger partial charge on any atom is 0.307 e. The molecule has 118 valence electrons. The SMILES string of the molecule is CCOC(=O)CCN(C)S(=O)(=O)c1c(F)cc(N)cc1F. The van der Waals surface area contributed by atoms with Crippen LogP contribution >= 0.6 is 0 Å². The lowest BCUT2D eigenvalue weighted by atomic mass is 10.3. The number of rotatable bonds is 6. The van der Waals surface area contributed by atoms with Crippen LogP contribution in [0.3, 0.4) is 0 Å². The Bertz CT molecular complexity index is 611. The van der Waals surface area contributed by atoms with Gasteiger partial charge in [-0.15, -0.1) is 0 Å². The Morgan fingerprint density at radius 3 is 2.33 bits per heavy atom. The summed E-state index contributed by atoms with van der Waals surface area (Å²) < 4.78 is 56.9. The van der Waals surface area contributed by atoms with Gasteiger partial charge in [-0.1, -0.05) is 0 Å². The molecule has 0 atom stereocenters. The summed E-state index contributed by atoms with van der Waals surface area (Å²) in [6.45, 7) is 1.51. The second-order valence-electron chi connectivity index (χ2n) is 4.20. The molecule has 1 aromatic carbocycles. The van der Waals surface area contributed by atoms with Crippen molar-refractivity contribution in [2.75, 3.05) is 25.9 Å². The number of anilines is 1. The summed E-state index contributed by atoms with van der Waals surface area (Å²) in [5, 5.41) is 0. The molecule has 0 aromatic heterocycles. The molecule has 0 radical (unpaired) electrons. The van der Waals surface area contributed by atoms with E-state index in [2.05, 4.69) is 4.74 Å². The highest BCUT2D eigenvalue weighted by molar-refractivity contribution is 7.89. The number of nitrogens with zero attached hydrogens (tertiary/aromatic N) is 1. The van der Waals surface area contributed by atoms with Crippen LogP contribution in [0, 0.1) is 11.6 Å². The van der Waals surface area contributed by atoms with Crippen molar-refractivity contribution >= 4 is 21.7 Å². The van der Waals surface area contributed by atoms with Gasteiger partial charge in [-0.2, -0.15) is 0 Å². The first kappa shape index (κ1) is 17.3. The van der Waals surface area contributed by atoms with E-state index < -0.39 is 32.5 Å². The van der Waals surface area contributed by atoms with Gasteiger partial charge >= 0.3 is 5.97 Å². The third-order valence-corrected chi connectivity index (χ3v) is 4.53. The van der Waals surface area contributed by atoms with Crippen LogP contribution in [-0.4, -0.2) is 38.9 Å². The molecule has 0 bridgehead atoms. The monoisotopic (exact) mass is 322 g/mol. The van der Waals surface area contributed by atoms with Crippen LogP contribution < -0.4 is 5.73 Å². The Balaban J connectivity index is 2.98. The van der Waals surface area contributed by atoms with Crippen molar-refractivity contribution in [2.45, 2.75) is 18.2 Å². The van der Waals surface area contributed by atoms with Crippen LogP contribution in [0.1, 0.15) is 13.3 Å². The van der Waals surface area contributed by atoms with Crippen molar-refractivity contribution in [1.29, 1.82) is 0 Å². The number of nitrogen functional groups attached to an aromatic ring is 1. The fourth-order valence-electron chi connectivity index (χ4n) is 1.58. The minimum absolute atomic E-state index is 0.163. The second-order valence-corrected chi connectivity index (χ2v) is 6.18. The van der Waals surface area contributed by atoms with E-state index in [1.54, 1.807) is 6.92 Å². The zero-order valence-corrected chi connectivity index (χ0v) is 12.4. The van der Waals surface area contributed by atoms with E-state index in [1.807, 2.05) is 0 Å². The highest BCUT2D eigenvalue weighted by Crippen LogP contribution is 2.24. The van der Waals surface area contributed by atoms with E-state index in [0.717, 1.165) is 19.2 Å². The van der Waals surface area contributed by atoms with Crippen LogP contribution in [0.5, 0.6) is 0 Å². The van der Waals surface area contributed by atoms with Crippen molar-refractivity contribution in [3.8, 4) is 0 Å². The number of carbonyl (C=O) groups is 1. The number of nitrogens with two attached hydrogens (primary N) is 1. The first-order valence-electron chi connectivity index (χ1n) is 6.06. The van der Waals surface area contributed by atoms with Gasteiger partial charge in [-0.3, -0.25) is 4.79 Å². The Morgan fingerprint density at radius 1 is 1.33 bits per heavy atom. The van der Waals surface area contributed by atoms with Crippen molar-refractivity contribution < 1.29 is 26.7 Å². The number of benzene rings is 1. The maximum atomic E-state index is 13.7. The van der Waals surface area contributed by atoms with Crippen molar-refractivity contribution in [3.05, 3.63) is 23.8 Å². The second kappa shape index (κ2) is 6.81. The molecule has 1 rings (SSSR count). The molecule has 0 spiro atoms. The van der Waals surface area contributed by atoms with Gasteiger partial charge in [-0.05, 0) is 19.1 Å². The standard InChI is InChI=1S/C12H16F2N2O4S/c1-3-20-11(17)4-5-16(2)21(18,19)12-9(13)6-8(15)7-10(12)14/h6-7H,3-5,15H2,1-2H3. The highest BCUT2D eigenvalue weighted by Gasteiger charge is 2.29. The van der Waals surface area contributed by atoms with E-state index in [-0.39, 0.29) is 25.3 Å².